The highest BCUT2D eigenvalue weighted by Crippen LogP contribution is 2.56. The molecule has 0 spiro atoms. The van der Waals surface area contributed by atoms with E-state index in [0.717, 1.165) is 30.8 Å². The van der Waals surface area contributed by atoms with Gasteiger partial charge in [-0.3, -0.25) is 33.7 Å². The molecular formula is C41H52N4O8PS+. The van der Waals surface area contributed by atoms with Crippen molar-refractivity contribution in [1.82, 2.24) is 15.5 Å². The summed E-state index contributed by atoms with van der Waals surface area (Å²) in [5, 5.41) is 8.27. The molecule has 4 N–H and O–H groups in total. The van der Waals surface area contributed by atoms with E-state index >= 15 is 0 Å². The summed E-state index contributed by atoms with van der Waals surface area (Å²) in [6, 6.07) is 29.8. The molecule has 294 valence electrons. The predicted octanol–water partition coefficient (Wildman–Crippen LogP) is 2.85. The first-order chi connectivity index (χ1) is 26.6. The number of esters is 2. The second-order valence-corrected chi connectivity index (χ2v) is 17.9. The molecule has 1 heterocycles. The first kappa shape index (κ1) is 43.2. The van der Waals surface area contributed by atoms with Crippen molar-refractivity contribution in [2.45, 2.75) is 69.7 Å². The molecule has 0 radical (unpaired) electrons. The fraction of sp³-hybridized carbons (Fsp3) is 0.415. The van der Waals surface area contributed by atoms with Gasteiger partial charge in [-0.15, -0.1) is 11.8 Å². The van der Waals surface area contributed by atoms with Gasteiger partial charge in [-0.1, -0.05) is 54.6 Å². The topological polar surface area (TPSA) is 174 Å². The number of nitrogens with two attached hydrogens (primary N) is 1. The van der Waals surface area contributed by atoms with Crippen LogP contribution in [-0.4, -0.2) is 96.0 Å². The summed E-state index contributed by atoms with van der Waals surface area (Å²) in [6.45, 7) is 3.46. The van der Waals surface area contributed by atoms with Crippen LogP contribution in [0.4, 0.5) is 0 Å². The van der Waals surface area contributed by atoms with E-state index in [9.17, 15) is 28.8 Å². The maximum absolute atomic E-state index is 13.5. The van der Waals surface area contributed by atoms with Crippen LogP contribution >= 0.6 is 19.0 Å². The zero-order valence-electron chi connectivity index (χ0n) is 31.5. The summed E-state index contributed by atoms with van der Waals surface area (Å²) in [5.74, 6) is -3.12. The number of thioether (sulfide) groups is 1. The average molecular weight is 792 g/mol. The van der Waals surface area contributed by atoms with E-state index in [1.54, 1.807) is 13.8 Å². The van der Waals surface area contributed by atoms with Crippen molar-refractivity contribution in [2.24, 2.45) is 5.73 Å². The lowest BCUT2D eigenvalue weighted by Crippen LogP contribution is -2.50. The standard InChI is InChI=1S/C41H51N4O8PS/c1-3-52-38(48)28-43-39(49)34(44-36(46)24-23-33(42)41(51)53-4-2)29-55-35-27-37(47)45(40(35)50)25-15-8-16-26-54(30-17-9-5-10-18-30,31-19-11-6-12-20-31)32-21-13-7-14-22-32/h5-7,9-14,17-22,33-35H,3-4,8,15-16,23-29,42H2,1-2H3,(H-,43,44,46,49)/p+1. The third-order valence-electron chi connectivity index (χ3n) is 9.27. The molecule has 3 aromatic rings. The van der Waals surface area contributed by atoms with Gasteiger partial charge in [0.1, 0.15) is 41.8 Å². The Bertz CT molecular complexity index is 1640. The van der Waals surface area contributed by atoms with E-state index in [-0.39, 0.29) is 50.0 Å². The Morgan fingerprint density at radius 2 is 1.40 bits per heavy atom. The molecule has 55 heavy (non-hydrogen) atoms. The fourth-order valence-corrected chi connectivity index (χ4v) is 12.1. The fourth-order valence-electron chi connectivity index (χ4n) is 6.51. The van der Waals surface area contributed by atoms with Crippen molar-refractivity contribution in [3.8, 4) is 0 Å². The van der Waals surface area contributed by atoms with E-state index in [2.05, 4.69) is 83.4 Å². The maximum atomic E-state index is 13.5. The second-order valence-electron chi connectivity index (χ2n) is 13.1. The number of carbonyl (C=O) groups is 6. The SMILES string of the molecule is CCOC(=O)CNC(=O)C(CSC1CC(=O)N(CCCCC[P+](c2ccccc2)(c2ccccc2)c2ccccc2)C1=O)NC(=O)CCC(N)C(=O)OCC. The minimum atomic E-state index is -1.99. The molecule has 4 amide bonds. The van der Waals surface area contributed by atoms with Crippen LogP contribution in [0, 0.1) is 0 Å². The van der Waals surface area contributed by atoms with Crippen LogP contribution in [-0.2, 0) is 38.2 Å². The molecule has 1 aliphatic heterocycles. The molecule has 1 fully saturated rings. The number of rotatable bonds is 22. The number of carbonyl (C=O) groups excluding carboxylic acids is 6. The third-order valence-corrected chi connectivity index (χ3v) is 15.1. The lowest BCUT2D eigenvalue weighted by Gasteiger charge is -2.27. The smallest absolute Gasteiger partial charge is 0.325 e. The summed E-state index contributed by atoms with van der Waals surface area (Å²) in [7, 11) is -1.99. The monoisotopic (exact) mass is 791 g/mol. The molecule has 0 saturated carbocycles. The number of hydrogen-bond donors (Lipinski definition) is 3. The van der Waals surface area contributed by atoms with Crippen molar-refractivity contribution in [3.63, 3.8) is 0 Å². The average Bonchev–Trinajstić information content (AvgIpc) is 3.47. The molecule has 3 unspecified atom stereocenters. The summed E-state index contributed by atoms with van der Waals surface area (Å²) in [6.07, 6.45) is 3.11. The van der Waals surface area contributed by atoms with Crippen molar-refractivity contribution >= 4 is 70.5 Å². The number of hydrogen-bond acceptors (Lipinski definition) is 10. The number of unbranched alkanes of at least 4 members (excludes halogenated alkanes) is 2. The van der Waals surface area contributed by atoms with Gasteiger partial charge in [0.05, 0.1) is 24.6 Å². The van der Waals surface area contributed by atoms with Gasteiger partial charge >= 0.3 is 11.9 Å². The lowest BCUT2D eigenvalue weighted by atomic mass is 10.1. The van der Waals surface area contributed by atoms with Crippen molar-refractivity contribution in [2.75, 3.05) is 38.2 Å². The number of ether oxygens (including phenoxy) is 2. The normalized spacial score (nSPS) is 15.3. The third kappa shape index (κ3) is 12.2. The van der Waals surface area contributed by atoms with Gasteiger partial charge in [0.25, 0.3) is 0 Å². The molecule has 0 aliphatic carbocycles. The zero-order valence-corrected chi connectivity index (χ0v) is 33.2. The molecule has 12 nitrogen and oxygen atoms in total. The molecule has 0 aromatic heterocycles. The van der Waals surface area contributed by atoms with Crippen LogP contribution in [0.1, 0.15) is 52.4 Å². The Kier molecular flexibility index (Phi) is 17.3. The Morgan fingerprint density at radius 3 is 1.95 bits per heavy atom. The minimum absolute atomic E-state index is 0.00690. The van der Waals surface area contributed by atoms with Gasteiger partial charge in [0.15, 0.2) is 0 Å². The van der Waals surface area contributed by atoms with Crippen LogP contribution in [0.5, 0.6) is 0 Å². The largest absolute Gasteiger partial charge is 0.465 e. The van der Waals surface area contributed by atoms with E-state index in [4.69, 9.17) is 15.2 Å². The summed E-state index contributed by atoms with van der Waals surface area (Å²) in [5.41, 5.74) is 5.82. The van der Waals surface area contributed by atoms with Crippen molar-refractivity contribution < 1.29 is 38.2 Å². The van der Waals surface area contributed by atoms with Crippen LogP contribution in [0.15, 0.2) is 91.0 Å². The first-order valence-electron chi connectivity index (χ1n) is 18.8. The van der Waals surface area contributed by atoms with Gasteiger partial charge < -0.3 is 25.8 Å². The summed E-state index contributed by atoms with van der Waals surface area (Å²) >= 11 is 1.10. The maximum Gasteiger partial charge on any atom is 0.325 e. The molecule has 1 saturated heterocycles. The highest BCUT2D eigenvalue weighted by atomic mass is 32.2. The van der Waals surface area contributed by atoms with E-state index in [0.29, 0.717) is 13.0 Å². The number of likely N-dealkylation sites (tertiary alicyclic amines) is 1. The molecule has 3 atom stereocenters. The van der Waals surface area contributed by atoms with Gasteiger partial charge in [0.2, 0.25) is 23.6 Å². The van der Waals surface area contributed by atoms with Crippen molar-refractivity contribution in [3.05, 3.63) is 91.0 Å². The van der Waals surface area contributed by atoms with E-state index < -0.39 is 54.9 Å². The summed E-state index contributed by atoms with van der Waals surface area (Å²) in [4.78, 5) is 77.4. The second kappa shape index (κ2) is 22.1. The number of nitrogens with zero attached hydrogens (tertiary/aromatic N) is 1. The molecule has 3 aromatic carbocycles. The number of imide groups is 1. The first-order valence-corrected chi connectivity index (χ1v) is 21.8. The lowest BCUT2D eigenvalue weighted by molar-refractivity contribution is -0.145. The Hall–Kier alpha value is -4.58. The number of benzene rings is 3. The Balaban J connectivity index is 1.35. The van der Waals surface area contributed by atoms with Crippen LogP contribution in [0.3, 0.4) is 0 Å². The quantitative estimate of drug-likeness (QED) is 0.0595. The van der Waals surface area contributed by atoms with Crippen molar-refractivity contribution in [1.29, 1.82) is 0 Å². The zero-order chi connectivity index (χ0) is 39.6. The number of amides is 4. The predicted molar refractivity (Wildman–Crippen MR) is 217 cm³/mol. The van der Waals surface area contributed by atoms with E-state index in [1.807, 2.05) is 18.2 Å². The van der Waals surface area contributed by atoms with Gasteiger partial charge in [-0.05, 0) is 75.9 Å². The Morgan fingerprint density at radius 1 is 0.836 bits per heavy atom. The molecule has 14 heteroatoms. The Labute approximate surface area is 328 Å². The van der Waals surface area contributed by atoms with Gasteiger partial charge in [-0.2, -0.15) is 0 Å². The van der Waals surface area contributed by atoms with Crippen LogP contribution in [0.2, 0.25) is 0 Å². The van der Waals surface area contributed by atoms with E-state index in [1.165, 1.54) is 20.8 Å². The minimum Gasteiger partial charge on any atom is -0.465 e. The molecule has 0 bridgehead atoms. The highest BCUT2D eigenvalue weighted by Gasteiger charge is 2.45. The van der Waals surface area contributed by atoms with Gasteiger partial charge in [0, 0.05) is 25.1 Å². The highest BCUT2D eigenvalue weighted by molar-refractivity contribution is 8.00. The molecular weight excluding hydrogens is 740 g/mol. The van der Waals surface area contributed by atoms with Crippen LogP contribution < -0.4 is 32.3 Å². The number of nitrogens with one attached hydrogen (secondary N) is 2. The van der Waals surface area contributed by atoms with Gasteiger partial charge in [-0.25, -0.2) is 0 Å². The summed E-state index contributed by atoms with van der Waals surface area (Å²) < 4.78 is 9.76. The molecule has 1 aliphatic rings. The molecule has 4 rings (SSSR count). The van der Waals surface area contributed by atoms with Crippen LogP contribution in [0.25, 0.3) is 0 Å².